The van der Waals surface area contributed by atoms with Crippen LogP contribution < -0.4 is 5.32 Å². The average molecular weight is 280 g/mol. The number of rotatable bonds is 3. The minimum absolute atomic E-state index is 0.0285. The number of ether oxygens (including phenoxy) is 1. The van der Waals surface area contributed by atoms with E-state index in [1.807, 2.05) is 0 Å². The van der Waals surface area contributed by atoms with Gasteiger partial charge in [-0.2, -0.15) is 0 Å². The lowest BCUT2D eigenvalue weighted by molar-refractivity contribution is -0.127. The molecule has 2 aliphatic carbocycles. The third-order valence-electron chi connectivity index (χ3n) is 6.48. The van der Waals surface area contributed by atoms with Crippen LogP contribution in [-0.4, -0.2) is 49.2 Å². The Hall–Kier alpha value is -0.610. The maximum Gasteiger partial charge on any atom is 0.234 e. The summed E-state index contributed by atoms with van der Waals surface area (Å²) in [4.78, 5) is 14.6. The van der Waals surface area contributed by atoms with E-state index in [4.69, 9.17) is 4.74 Å². The fourth-order valence-electron chi connectivity index (χ4n) is 4.67. The summed E-state index contributed by atoms with van der Waals surface area (Å²) in [6.07, 6.45) is 3.91. The molecular weight excluding hydrogens is 252 g/mol. The summed E-state index contributed by atoms with van der Waals surface area (Å²) < 4.78 is 5.33. The van der Waals surface area contributed by atoms with Crippen LogP contribution in [-0.2, 0) is 9.53 Å². The summed E-state index contributed by atoms with van der Waals surface area (Å²) in [5, 5.41) is 3.40. The van der Waals surface area contributed by atoms with Gasteiger partial charge >= 0.3 is 0 Å². The Bertz CT molecular complexity index is 390. The first kappa shape index (κ1) is 14.3. The summed E-state index contributed by atoms with van der Waals surface area (Å²) in [6.45, 7) is 10.7. The zero-order valence-corrected chi connectivity index (χ0v) is 13.1. The van der Waals surface area contributed by atoms with Gasteiger partial charge in [0.15, 0.2) is 0 Å². The molecule has 1 heterocycles. The number of carbonyl (C=O) groups is 1. The number of morpholine rings is 1. The van der Waals surface area contributed by atoms with Gasteiger partial charge in [-0.25, -0.2) is 0 Å². The second kappa shape index (κ2) is 4.99. The predicted octanol–water partition coefficient (Wildman–Crippen LogP) is 1.65. The molecule has 2 bridgehead atoms. The average Bonchev–Trinajstić information content (AvgIpc) is 2.94. The Morgan fingerprint density at radius 3 is 2.45 bits per heavy atom. The molecule has 0 unspecified atom stereocenters. The number of fused-ring (bicyclic) bond motifs is 2. The Morgan fingerprint density at radius 1 is 1.20 bits per heavy atom. The number of nitrogens with zero attached hydrogens (tertiary/aromatic N) is 1. The van der Waals surface area contributed by atoms with E-state index in [0.717, 1.165) is 32.2 Å². The molecule has 114 valence electrons. The van der Waals surface area contributed by atoms with Crippen LogP contribution >= 0.6 is 0 Å². The Labute approximate surface area is 122 Å². The SMILES string of the molecule is CC1(C)[C@H]2CC[C@@H](C2)[C@@]1(C)NC(=O)CN1CCOCC1. The monoisotopic (exact) mass is 280 g/mol. The van der Waals surface area contributed by atoms with Crippen molar-refractivity contribution < 1.29 is 9.53 Å². The van der Waals surface area contributed by atoms with Crippen LogP contribution in [0.4, 0.5) is 0 Å². The zero-order valence-electron chi connectivity index (χ0n) is 13.1. The maximum absolute atomic E-state index is 12.4. The lowest BCUT2D eigenvalue weighted by Crippen LogP contribution is -2.60. The first-order valence-corrected chi connectivity index (χ1v) is 8.04. The highest BCUT2D eigenvalue weighted by Crippen LogP contribution is 2.61. The molecule has 0 radical (unpaired) electrons. The smallest absolute Gasteiger partial charge is 0.234 e. The molecule has 3 rings (SSSR count). The highest BCUT2D eigenvalue weighted by molar-refractivity contribution is 5.79. The van der Waals surface area contributed by atoms with Crippen molar-refractivity contribution in [2.75, 3.05) is 32.8 Å². The van der Waals surface area contributed by atoms with E-state index in [1.165, 1.54) is 19.3 Å². The molecule has 3 aliphatic rings. The van der Waals surface area contributed by atoms with Crippen LogP contribution in [0.5, 0.6) is 0 Å². The molecule has 3 atom stereocenters. The third-order valence-corrected chi connectivity index (χ3v) is 6.48. The fraction of sp³-hybridized carbons (Fsp3) is 0.938. The molecule has 0 aromatic carbocycles. The fourth-order valence-corrected chi connectivity index (χ4v) is 4.67. The van der Waals surface area contributed by atoms with Crippen molar-refractivity contribution in [2.45, 2.75) is 45.6 Å². The summed E-state index contributed by atoms with van der Waals surface area (Å²) >= 11 is 0. The van der Waals surface area contributed by atoms with Crippen molar-refractivity contribution in [3.8, 4) is 0 Å². The molecule has 0 aromatic rings. The van der Waals surface area contributed by atoms with Crippen molar-refractivity contribution >= 4 is 5.91 Å². The first-order chi connectivity index (χ1) is 9.43. The van der Waals surface area contributed by atoms with Crippen LogP contribution in [0.25, 0.3) is 0 Å². The predicted molar refractivity (Wildman–Crippen MR) is 78.4 cm³/mol. The molecule has 0 spiro atoms. The van der Waals surface area contributed by atoms with Gasteiger partial charge in [-0.3, -0.25) is 9.69 Å². The van der Waals surface area contributed by atoms with Gasteiger partial charge in [0.25, 0.3) is 0 Å². The molecule has 4 nitrogen and oxygen atoms in total. The molecule has 1 saturated heterocycles. The number of carbonyl (C=O) groups excluding carboxylic acids is 1. The molecule has 2 saturated carbocycles. The molecule has 1 N–H and O–H groups in total. The van der Waals surface area contributed by atoms with Crippen LogP contribution in [0.2, 0.25) is 0 Å². The molecular formula is C16H28N2O2. The van der Waals surface area contributed by atoms with E-state index in [0.29, 0.717) is 12.5 Å². The number of hydrogen-bond donors (Lipinski definition) is 1. The lowest BCUT2D eigenvalue weighted by atomic mass is 9.64. The molecule has 3 fully saturated rings. The molecule has 0 aromatic heterocycles. The van der Waals surface area contributed by atoms with Gasteiger partial charge in [0, 0.05) is 18.6 Å². The molecule has 1 amide bonds. The van der Waals surface area contributed by atoms with E-state index in [1.54, 1.807) is 0 Å². The first-order valence-electron chi connectivity index (χ1n) is 8.04. The summed E-state index contributed by atoms with van der Waals surface area (Å²) in [7, 11) is 0. The van der Waals surface area contributed by atoms with Gasteiger partial charge < -0.3 is 10.1 Å². The van der Waals surface area contributed by atoms with Crippen LogP contribution in [0.15, 0.2) is 0 Å². The van der Waals surface area contributed by atoms with Crippen LogP contribution in [0, 0.1) is 17.3 Å². The summed E-state index contributed by atoms with van der Waals surface area (Å²) in [5.74, 6) is 1.63. The molecule has 20 heavy (non-hydrogen) atoms. The summed E-state index contributed by atoms with van der Waals surface area (Å²) in [6, 6.07) is 0. The standard InChI is InChI=1S/C16H28N2O2/c1-15(2)12-4-5-13(10-12)16(15,3)17-14(19)11-18-6-8-20-9-7-18/h12-13H,4-11H2,1-3H3,(H,17,19)/t12-,13-,16+/m0/s1. The van der Waals surface area contributed by atoms with Crippen molar-refractivity contribution in [1.29, 1.82) is 0 Å². The Morgan fingerprint density at radius 2 is 1.85 bits per heavy atom. The maximum atomic E-state index is 12.4. The van der Waals surface area contributed by atoms with Crippen molar-refractivity contribution in [1.82, 2.24) is 10.2 Å². The van der Waals surface area contributed by atoms with Crippen molar-refractivity contribution in [2.24, 2.45) is 17.3 Å². The minimum atomic E-state index is -0.0285. The van der Waals surface area contributed by atoms with E-state index < -0.39 is 0 Å². The second-order valence-electron chi connectivity index (χ2n) is 7.57. The summed E-state index contributed by atoms with van der Waals surface area (Å²) in [5.41, 5.74) is 0.190. The van der Waals surface area contributed by atoms with Gasteiger partial charge in [-0.05, 0) is 43.4 Å². The van der Waals surface area contributed by atoms with E-state index in [9.17, 15) is 4.79 Å². The van der Waals surface area contributed by atoms with Gasteiger partial charge in [-0.1, -0.05) is 13.8 Å². The highest BCUT2D eigenvalue weighted by Gasteiger charge is 2.60. The normalized spacial score (nSPS) is 40.0. The van der Waals surface area contributed by atoms with Gasteiger partial charge in [-0.15, -0.1) is 0 Å². The van der Waals surface area contributed by atoms with Crippen LogP contribution in [0.3, 0.4) is 0 Å². The number of nitrogens with one attached hydrogen (secondary N) is 1. The van der Waals surface area contributed by atoms with Gasteiger partial charge in [0.1, 0.15) is 0 Å². The largest absolute Gasteiger partial charge is 0.379 e. The van der Waals surface area contributed by atoms with E-state index in [2.05, 4.69) is 31.0 Å². The quantitative estimate of drug-likeness (QED) is 0.854. The lowest BCUT2D eigenvalue weighted by Gasteiger charge is -2.48. The van der Waals surface area contributed by atoms with E-state index >= 15 is 0 Å². The van der Waals surface area contributed by atoms with Gasteiger partial charge in [0.2, 0.25) is 5.91 Å². The number of amides is 1. The van der Waals surface area contributed by atoms with E-state index in [-0.39, 0.29) is 16.9 Å². The Kier molecular flexibility index (Phi) is 3.57. The molecule has 4 heteroatoms. The minimum Gasteiger partial charge on any atom is -0.379 e. The topological polar surface area (TPSA) is 41.6 Å². The van der Waals surface area contributed by atoms with Gasteiger partial charge in [0.05, 0.1) is 19.8 Å². The molecule has 1 aliphatic heterocycles. The van der Waals surface area contributed by atoms with Crippen molar-refractivity contribution in [3.05, 3.63) is 0 Å². The zero-order chi connectivity index (χ0) is 14.4. The second-order valence-corrected chi connectivity index (χ2v) is 7.57. The Balaban J connectivity index is 1.63. The highest BCUT2D eigenvalue weighted by atomic mass is 16.5. The van der Waals surface area contributed by atoms with Crippen molar-refractivity contribution in [3.63, 3.8) is 0 Å². The van der Waals surface area contributed by atoms with Crippen LogP contribution in [0.1, 0.15) is 40.0 Å². The third kappa shape index (κ3) is 2.17. The number of hydrogen-bond acceptors (Lipinski definition) is 3.